The Morgan fingerprint density at radius 1 is 1.08 bits per heavy atom. The fraction of sp³-hybridized carbons (Fsp3) is 0.353. The zero-order valence-electron chi connectivity index (χ0n) is 13.4. The van der Waals surface area contributed by atoms with E-state index in [-0.39, 0.29) is 18.3 Å². The van der Waals surface area contributed by atoms with Gasteiger partial charge in [-0.15, -0.1) is 0 Å². The Bertz CT molecular complexity index is 674. The Hall–Kier alpha value is -2.54. The average Bonchev–Trinajstić information content (AvgIpc) is 2.64. The maximum atomic E-state index is 13.5. The highest BCUT2D eigenvalue weighted by Crippen LogP contribution is 2.10. The van der Waals surface area contributed by atoms with Crippen molar-refractivity contribution in [2.75, 3.05) is 37.6 Å². The molecule has 0 unspecified atom stereocenters. The van der Waals surface area contributed by atoms with Crippen LogP contribution in [0.1, 0.15) is 5.56 Å². The van der Waals surface area contributed by atoms with Crippen molar-refractivity contribution >= 4 is 11.9 Å². The molecule has 1 aromatic carbocycles. The van der Waals surface area contributed by atoms with E-state index in [9.17, 15) is 9.18 Å². The van der Waals surface area contributed by atoms with Gasteiger partial charge in [-0.25, -0.2) is 14.4 Å². The summed E-state index contributed by atoms with van der Waals surface area (Å²) in [6.07, 6.45) is 3.43. The minimum absolute atomic E-state index is 0.0277. The van der Waals surface area contributed by atoms with Gasteiger partial charge < -0.3 is 15.1 Å². The second-order valence-electron chi connectivity index (χ2n) is 5.61. The number of hydrogen-bond donors (Lipinski definition) is 1. The number of nitrogens with zero attached hydrogens (tertiary/aromatic N) is 4. The van der Waals surface area contributed by atoms with Gasteiger partial charge in [0.2, 0.25) is 11.9 Å². The zero-order valence-corrected chi connectivity index (χ0v) is 13.4. The number of benzene rings is 1. The summed E-state index contributed by atoms with van der Waals surface area (Å²) in [5.41, 5.74) is 0.566. The van der Waals surface area contributed by atoms with Crippen LogP contribution in [0, 0.1) is 5.82 Å². The highest BCUT2D eigenvalue weighted by Gasteiger charge is 2.22. The van der Waals surface area contributed by atoms with E-state index in [4.69, 9.17) is 0 Å². The summed E-state index contributed by atoms with van der Waals surface area (Å²) in [4.78, 5) is 24.6. The fourth-order valence-electron chi connectivity index (χ4n) is 2.67. The van der Waals surface area contributed by atoms with Gasteiger partial charge in [0.25, 0.3) is 0 Å². The molecular formula is C17H20FN5O. The highest BCUT2D eigenvalue weighted by molar-refractivity contribution is 5.78. The number of carbonyl (C=O) groups excluding carboxylic acids is 1. The predicted molar refractivity (Wildman–Crippen MR) is 88.9 cm³/mol. The van der Waals surface area contributed by atoms with Gasteiger partial charge in [-0.05, 0) is 12.1 Å². The van der Waals surface area contributed by atoms with E-state index in [0.29, 0.717) is 44.2 Å². The topological polar surface area (TPSA) is 61.4 Å². The number of amides is 1. The van der Waals surface area contributed by atoms with Crippen molar-refractivity contribution in [1.29, 1.82) is 0 Å². The molecule has 1 N–H and O–H groups in total. The van der Waals surface area contributed by atoms with E-state index in [2.05, 4.69) is 20.2 Å². The van der Waals surface area contributed by atoms with Crippen molar-refractivity contribution in [2.24, 2.45) is 0 Å². The second-order valence-corrected chi connectivity index (χ2v) is 5.61. The highest BCUT2D eigenvalue weighted by atomic mass is 19.1. The quantitative estimate of drug-likeness (QED) is 0.889. The molecule has 6 nitrogen and oxygen atoms in total. The number of nitrogens with one attached hydrogen (secondary N) is 1. The van der Waals surface area contributed by atoms with Crippen LogP contribution < -0.4 is 10.2 Å². The van der Waals surface area contributed by atoms with E-state index in [1.165, 1.54) is 6.07 Å². The molecule has 0 bridgehead atoms. The smallest absolute Gasteiger partial charge is 0.236 e. The second kappa shape index (κ2) is 7.83. The fourth-order valence-corrected chi connectivity index (χ4v) is 2.67. The first-order valence-corrected chi connectivity index (χ1v) is 7.98. The molecule has 0 atom stereocenters. The molecule has 0 radical (unpaired) electrons. The number of anilines is 1. The zero-order chi connectivity index (χ0) is 16.8. The molecule has 7 heteroatoms. The number of piperazine rings is 1. The summed E-state index contributed by atoms with van der Waals surface area (Å²) < 4.78 is 13.5. The summed E-state index contributed by atoms with van der Waals surface area (Å²) in [6, 6.07) is 8.35. The normalized spacial score (nSPS) is 14.7. The third-order valence-corrected chi connectivity index (χ3v) is 4.02. The van der Waals surface area contributed by atoms with Crippen molar-refractivity contribution < 1.29 is 9.18 Å². The monoisotopic (exact) mass is 329 g/mol. The Balaban J connectivity index is 1.43. The van der Waals surface area contributed by atoms with Crippen LogP contribution in [0.2, 0.25) is 0 Å². The van der Waals surface area contributed by atoms with Gasteiger partial charge in [-0.3, -0.25) is 4.79 Å². The van der Waals surface area contributed by atoms with Gasteiger partial charge in [-0.1, -0.05) is 18.2 Å². The summed E-state index contributed by atoms with van der Waals surface area (Å²) in [6.45, 7) is 3.25. The first-order chi connectivity index (χ1) is 11.7. The van der Waals surface area contributed by atoms with Gasteiger partial charge in [0, 0.05) is 50.7 Å². The lowest BCUT2D eigenvalue weighted by Gasteiger charge is -2.34. The molecule has 24 heavy (non-hydrogen) atoms. The molecule has 0 saturated carbocycles. The van der Waals surface area contributed by atoms with Crippen LogP contribution in [0.4, 0.5) is 10.3 Å². The van der Waals surface area contributed by atoms with Gasteiger partial charge in [0.15, 0.2) is 0 Å². The molecule has 1 fully saturated rings. The standard InChI is InChI=1S/C17H20FN5O/c18-15-5-2-1-4-14(15)12-19-13-16(24)22-8-10-23(11-9-22)17-20-6-3-7-21-17/h1-7,19H,8-13H2. The van der Waals surface area contributed by atoms with Gasteiger partial charge in [-0.2, -0.15) is 0 Å². The third kappa shape index (κ3) is 4.05. The average molecular weight is 329 g/mol. The van der Waals surface area contributed by atoms with Crippen LogP contribution >= 0.6 is 0 Å². The number of aromatic nitrogens is 2. The molecule has 1 amide bonds. The van der Waals surface area contributed by atoms with E-state index in [1.54, 1.807) is 36.7 Å². The largest absolute Gasteiger partial charge is 0.338 e. The van der Waals surface area contributed by atoms with Gasteiger partial charge in [0.05, 0.1) is 6.54 Å². The SMILES string of the molecule is O=C(CNCc1ccccc1F)N1CCN(c2ncccn2)CC1. The van der Waals surface area contributed by atoms with E-state index >= 15 is 0 Å². The predicted octanol–water partition coefficient (Wildman–Crippen LogP) is 1.05. The number of halogens is 1. The molecule has 126 valence electrons. The molecule has 2 heterocycles. The van der Waals surface area contributed by atoms with Crippen molar-refractivity contribution in [3.05, 3.63) is 54.1 Å². The van der Waals surface area contributed by atoms with Crippen LogP contribution in [0.5, 0.6) is 0 Å². The number of rotatable bonds is 5. The molecule has 2 aromatic rings. The molecule has 0 aliphatic carbocycles. The molecule has 1 aromatic heterocycles. The lowest BCUT2D eigenvalue weighted by Crippen LogP contribution is -2.51. The Kier molecular flexibility index (Phi) is 5.32. The minimum Gasteiger partial charge on any atom is -0.338 e. The van der Waals surface area contributed by atoms with Crippen molar-refractivity contribution in [3.63, 3.8) is 0 Å². The minimum atomic E-state index is -0.256. The van der Waals surface area contributed by atoms with Crippen LogP contribution in [-0.4, -0.2) is 53.5 Å². The summed E-state index contributed by atoms with van der Waals surface area (Å²) in [5, 5.41) is 3.01. The first-order valence-electron chi connectivity index (χ1n) is 7.98. The van der Waals surface area contributed by atoms with Gasteiger partial charge in [0.1, 0.15) is 5.82 Å². The van der Waals surface area contributed by atoms with E-state index in [1.807, 2.05) is 4.90 Å². The summed E-state index contributed by atoms with van der Waals surface area (Å²) in [7, 11) is 0. The van der Waals surface area contributed by atoms with Crippen molar-refractivity contribution in [1.82, 2.24) is 20.2 Å². The Morgan fingerprint density at radius 2 is 1.79 bits per heavy atom. The summed E-state index contributed by atoms with van der Waals surface area (Å²) >= 11 is 0. The van der Waals surface area contributed by atoms with Gasteiger partial charge >= 0.3 is 0 Å². The molecule has 3 rings (SSSR count). The van der Waals surface area contributed by atoms with Crippen LogP contribution in [0.15, 0.2) is 42.7 Å². The van der Waals surface area contributed by atoms with Crippen LogP contribution in [0.25, 0.3) is 0 Å². The molecular weight excluding hydrogens is 309 g/mol. The number of carbonyl (C=O) groups is 1. The Morgan fingerprint density at radius 3 is 2.50 bits per heavy atom. The third-order valence-electron chi connectivity index (χ3n) is 4.02. The van der Waals surface area contributed by atoms with Crippen LogP contribution in [0.3, 0.4) is 0 Å². The maximum absolute atomic E-state index is 13.5. The first kappa shape index (κ1) is 16.3. The van der Waals surface area contributed by atoms with Crippen molar-refractivity contribution in [2.45, 2.75) is 6.54 Å². The Labute approximate surface area is 140 Å². The van der Waals surface area contributed by atoms with E-state index in [0.717, 1.165) is 0 Å². The molecule has 0 spiro atoms. The number of hydrogen-bond acceptors (Lipinski definition) is 5. The molecule has 1 aliphatic heterocycles. The maximum Gasteiger partial charge on any atom is 0.236 e. The molecule has 1 aliphatic rings. The summed E-state index contributed by atoms with van der Waals surface area (Å²) in [5.74, 6) is 0.469. The van der Waals surface area contributed by atoms with Crippen molar-refractivity contribution in [3.8, 4) is 0 Å². The lowest BCUT2D eigenvalue weighted by atomic mass is 10.2. The molecule has 1 saturated heterocycles. The van der Waals surface area contributed by atoms with E-state index < -0.39 is 0 Å². The lowest BCUT2D eigenvalue weighted by molar-refractivity contribution is -0.130. The van der Waals surface area contributed by atoms with Crippen LogP contribution in [-0.2, 0) is 11.3 Å².